The molecule has 2 atom stereocenters. The highest BCUT2D eigenvalue weighted by Gasteiger charge is 2.46. The number of benzene rings is 2. The Morgan fingerprint density at radius 2 is 1.71 bits per heavy atom. The smallest absolute Gasteiger partial charge is 0.247 e. The molecule has 3 nitrogen and oxygen atoms in total. The number of hydrogen-bond acceptors (Lipinski definition) is 2. The molecule has 2 aromatic rings. The van der Waals surface area contributed by atoms with E-state index in [0.29, 0.717) is 5.02 Å². The first-order valence-corrected chi connectivity index (χ1v) is 7.42. The first kappa shape index (κ1) is 14.1. The van der Waals surface area contributed by atoms with E-state index in [0.717, 1.165) is 17.7 Å². The highest BCUT2D eigenvalue weighted by Crippen LogP contribution is 2.38. The summed E-state index contributed by atoms with van der Waals surface area (Å²) in [5.74, 6) is -0.0538. The minimum Gasteiger partial charge on any atom is -0.318 e. The fourth-order valence-corrected chi connectivity index (χ4v) is 2.83. The largest absolute Gasteiger partial charge is 0.318 e. The fraction of sp³-hybridized carbons (Fsp3) is 0.235. The summed E-state index contributed by atoms with van der Waals surface area (Å²) in [6.07, 6.45) is 0.997. The molecule has 1 fully saturated rings. The van der Waals surface area contributed by atoms with Gasteiger partial charge in [-0.25, -0.2) is 0 Å². The molecule has 2 N–H and O–H groups in total. The van der Waals surface area contributed by atoms with E-state index in [1.165, 1.54) is 5.56 Å². The zero-order valence-corrected chi connectivity index (χ0v) is 12.5. The zero-order chi connectivity index (χ0) is 15.0. The van der Waals surface area contributed by atoms with Gasteiger partial charge in [0.15, 0.2) is 0 Å². The number of anilines is 1. The average Bonchev–Trinajstić information content (AvgIpc) is 2.53. The molecule has 1 amide bonds. The highest BCUT2D eigenvalue weighted by atomic mass is 35.5. The molecule has 3 rings (SSSR count). The van der Waals surface area contributed by atoms with Crippen LogP contribution in [-0.4, -0.2) is 11.9 Å². The van der Waals surface area contributed by atoms with Gasteiger partial charge in [0, 0.05) is 10.7 Å². The van der Waals surface area contributed by atoms with Crippen molar-refractivity contribution < 1.29 is 4.79 Å². The Bertz CT molecular complexity index is 651. The standard InChI is InChI=1S/C17H17ClN2O/c1-2-11-3-5-12(6-4-11)16-15(19)17(21)20(16)14-9-7-13(18)8-10-14/h3-10,15-16H,2,19H2,1H3/t15-,16+/m1/s1. The summed E-state index contributed by atoms with van der Waals surface area (Å²) >= 11 is 5.90. The lowest BCUT2D eigenvalue weighted by molar-refractivity contribution is -0.126. The van der Waals surface area contributed by atoms with Crippen molar-refractivity contribution in [2.24, 2.45) is 5.73 Å². The minimum absolute atomic E-state index is 0.0538. The molecule has 0 aromatic heterocycles. The van der Waals surface area contributed by atoms with E-state index in [1.807, 2.05) is 12.1 Å². The van der Waals surface area contributed by atoms with Gasteiger partial charge in [0.05, 0.1) is 6.04 Å². The van der Waals surface area contributed by atoms with Crippen LogP contribution < -0.4 is 10.6 Å². The van der Waals surface area contributed by atoms with Crippen LogP contribution in [0.3, 0.4) is 0 Å². The molecular weight excluding hydrogens is 284 g/mol. The minimum atomic E-state index is -0.479. The molecule has 0 saturated carbocycles. The SMILES string of the molecule is CCc1ccc([C@H]2[C@@H](N)C(=O)N2c2ccc(Cl)cc2)cc1. The number of carbonyl (C=O) groups excluding carboxylic acids is 1. The summed E-state index contributed by atoms with van der Waals surface area (Å²) < 4.78 is 0. The number of nitrogens with two attached hydrogens (primary N) is 1. The van der Waals surface area contributed by atoms with Crippen molar-refractivity contribution in [1.82, 2.24) is 0 Å². The molecule has 108 valence electrons. The lowest BCUT2D eigenvalue weighted by Crippen LogP contribution is -2.63. The lowest BCUT2D eigenvalue weighted by Gasteiger charge is -2.45. The number of amides is 1. The first-order chi connectivity index (χ1) is 10.1. The maximum Gasteiger partial charge on any atom is 0.247 e. The third-order valence-corrected chi connectivity index (χ3v) is 4.23. The third-order valence-electron chi connectivity index (χ3n) is 3.98. The van der Waals surface area contributed by atoms with Crippen LogP contribution >= 0.6 is 11.6 Å². The Kier molecular flexibility index (Phi) is 3.70. The second-order valence-electron chi connectivity index (χ2n) is 5.25. The van der Waals surface area contributed by atoms with Gasteiger partial charge in [0.1, 0.15) is 6.04 Å². The average molecular weight is 301 g/mol. The van der Waals surface area contributed by atoms with Crippen molar-refractivity contribution in [3.05, 3.63) is 64.7 Å². The molecule has 1 heterocycles. The monoisotopic (exact) mass is 300 g/mol. The summed E-state index contributed by atoms with van der Waals surface area (Å²) in [4.78, 5) is 13.9. The summed E-state index contributed by atoms with van der Waals surface area (Å²) in [6.45, 7) is 2.12. The molecule has 0 spiro atoms. The normalized spacial score (nSPS) is 21.3. The molecule has 0 unspecified atom stereocenters. The Balaban J connectivity index is 1.92. The molecule has 4 heteroatoms. The number of β-lactam (4-membered cyclic amide) rings is 1. The van der Waals surface area contributed by atoms with E-state index in [2.05, 4.69) is 31.2 Å². The predicted molar refractivity (Wildman–Crippen MR) is 85.5 cm³/mol. The molecule has 0 radical (unpaired) electrons. The molecular formula is C17H17ClN2O. The summed E-state index contributed by atoms with van der Waals surface area (Å²) in [5.41, 5.74) is 9.18. The zero-order valence-electron chi connectivity index (χ0n) is 11.8. The van der Waals surface area contributed by atoms with E-state index < -0.39 is 6.04 Å². The topological polar surface area (TPSA) is 46.3 Å². The van der Waals surface area contributed by atoms with Gasteiger partial charge >= 0.3 is 0 Å². The van der Waals surface area contributed by atoms with Gasteiger partial charge in [-0.05, 0) is 41.8 Å². The number of halogens is 1. The first-order valence-electron chi connectivity index (χ1n) is 7.05. The second kappa shape index (κ2) is 5.51. The van der Waals surface area contributed by atoms with Crippen molar-refractivity contribution in [2.45, 2.75) is 25.4 Å². The van der Waals surface area contributed by atoms with Crippen molar-refractivity contribution in [1.29, 1.82) is 0 Å². The predicted octanol–water partition coefficient (Wildman–Crippen LogP) is 3.32. The molecule has 0 aliphatic carbocycles. The highest BCUT2D eigenvalue weighted by molar-refractivity contribution is 6.30. The number of carbonyl (C=O) groups is 1. The van der Waals surface area contributed by atoms with Crippen LogP contribution in [0.1, 0.15) is 24.1 Å². The van der Waals surface area contributed by atoms with Gasteiger partial charge in [-0.1, -0.05) is 42.8 Å². The fourth-order valence-electron chi connectivity index (χ4n) is 2.71. The molecule has 0 bridgehead atoms. The van der Waals surface area contributed by atoms with E-state index >= 15 is 0 Å². The van der Waals surface area contributed by atoms with E-state index in [-0.39, 0.29) is 11.9 Å². The number of rotatable bonds is 3. The Labute approximate surface area is 129 Å². The van der Waals surface area contributed by atoms with Crippen LogP contribution in [0.25, 0.3) is 0 Å². The second-order valence-corrected chi connectivity index (χ2v) is 5.69. The Morgan fingerprint density at radius 1 is 1.10 bits per heavy atom. The van der Waals surface area contributed by atoms with Crippen LogP contribution in [0.15, 0.2) is 48.5 Å². The van der Waals surface area contributed by atoms with Crippen molar-refractivity contribution >= 4 is 23.2 Å². The molecule has 1 saturated heterocycles. The van der Waals surface area contributed by atoms with E-state index in [9.17, 15) is 4.79 Å². The van der Waals surface area contributed by atoms with Gasteiger partial charge in [0.2, 0.25) is 5.91 Å². The van der Waals surface area contributed by atoms with Crippen LogP contribution in [0.4, 0.5) is 5.69 Å². The van der Waals surface area contributed by atoms with Crippen molar-refractivity contribution in [3.63, 3.8) is 0 Å². The van der Waals surface area contributed by atoms with Crippen LogP contribution in [-0.2, 0) is 11.2 Å². The van der Waals surface area contributed by atoms with Crippen molar-refractivity contribution in [3.8, 4) is 0 Å². The van der Waals surface area contributed by atoms with Gasteiger partial charge in [-0.3, -0.25) is 4.79 Å². The molecule has 1 aliphatic rings. The van der Waals surface area contributed by atoms with Gasteiger partial charge in [0.25, 0.3) is 0 Å². The van der Waals surface area contributed by atoms with Crippen LogP contribution in [0, 0.1) is 0 Å². The van der Waals surface area contributed by atoms with Crippen LogP contribution in [0.2, 0.25) is 5.02 Å². The third kappa shape index (κ3) is 2.43. The molecule has 21 heavy (non-hydrogen) atoms. The van der Waals surface area contributed by atoms with Crippen molar-refractivity contribution in [2.75, 3.05) is 4.90 Å². The maximum atomic E-state index is 12.1. The van der Waals surface area contributed by atoms with Gasteiger partial charge in [-0.15, -0.1) is 0 Å². The van der Waals surface area contributed by atoms with Gasteiger partial charge in [-0.2, -0.15) is 0 Å². The summed E-state index contributed by atoms with van der Waals surface area (Å²) in [6, 6.07) is 15.0. The Morgan fingerprint density at radius 3 is 2.29 bits per heavy atom. The molecule has 2 aromatic carbocycles. The van der Waals surface area contributed by atoms with E-state index in [1.54, 1.807) is 17.0 Å². The number of hydrogen-bond donors (Lipinski definition) is 1. The Hall–Kier alpha value is -1.84. The number of nitrogens with zero attached hydrogens (tertiary/aromatic N) is 1. The lowest BCUT2D eigenvalue weighted by atomic mass is 9.88. The quantitative estimate of drug-likeness (QED) is 0.884. The van der Waals surface area contributed by atoms with Gasteiger partial charge < -0.3 is 10.6 Å². The number of aryl methyl sites for hydroxylation is 1. The summed E-state index contributed by atoms with van der Waals surface area (Å²) in [7, 11) is 0. The van der Waals surface area contributed by atoms with E-state index in [4.69, 9.17) is 17.3 Å². The summed E-state index contributed by atoms with van der Waals surface area (Å²) in [5, 5.41) is 0.653. The molecule has 1 aliphatic heterocycles. The maximum absolute atomic E-state index is 12.1. The van der Waals surface area contributed by atoms with Crippen LogP contribution in [0.5, 0.6) is 0 Å².